The van der Waals surface area contributed by atoms with Gasteiger partial charge >= 0.3 is 12.3 Å². The van der Waals surface area contributed by atoms with Crippen molar-refractivity contribution in [2.24, 2.45) is 5.92 Å². The Morgan fingerprint density at radius 3 is 2.69 bits per heavy atom. The monoisotopic (exact) mass is 583 g/mol. The van der Waals surface area contributed by atoms with Crippen molar-refractivity contribution in [1.82, 2.24) is 0 Å². The van der Waals surface area contributed by atoms with Crippen molar-refractivity contribution in [2.75, 3.05) is 25.5 Å². The van der Waals surface area contributed by atoms with Gasteiger partial charge in [-0.2, -0.15) is 0 Å². The van der Waals surface area contributed by atoms with E-state index in [1.807, 2.05) is 6.08 Å². The van der Waals surface area contributed by atoms with E-state index in [-0.39, 0.29) is 23.2 Å². The zero-order chi connectivity index (χ0) is 29.9. The number of rotatable bonds is 7. The first-order valence-corrected chi connectivity index (χ1v) is 14.3. The maximum Gasteiger partial charge on any atom is 0.573 e. The molecule has 1 N–H and O–H groups in total. The number of ether oxygens (including phenoxy) is 3. The van der Waals surface area contributed by atoms with E-state index < -0.39 is 24.0 Å². The summed E-state index contributed by atoms with van der Waals surface area (Å²) >= 11 is 0. The quantitative estimate of drug-likeness (QED) is 0.110. The van der Waals surface area contributed by atoms with Gasteiger partial charge in [-0.25, -0.2) is 0 Å². The summed E-state index contributed by atoms with van der Waals surface area (Å²) in [5.41, 5.74) is 2.00. The molecule has 222 valence electrons. The van der Waals surface area contributed by atoms with Gasteiger partial charge < -0.3 is 24.0 Å². The highest BCUT2D eigenvalue weighted by molar-refractivity contribution is 6.06. The molecule has 2 aliphatic heterocycles. The molecule has 42 heavy (non-hydrogen) atoms. The summed E-state index contributed by atoms with van der Waals surface area (Å²) in [6.07, 6.45) is 2.11. The fourth-order valence-corrected chi connectivity index (χ4v) is 8.06. The number of esters is 1. The van der Waals surface area contributed by atoms with Crippen molar-refractivity contribution < 1.29 is 41.5 Å². The SMILES string of the molecule is C=CC[N+]1(C)CC[C@]23c4c5c(OC(C)=O)cc(NC(=O)C(=Cc6ccccc6)OC(F)(F)F)c4O[C@H]2CCC[C@H]3[C@H]1C5. The minimum Gasteiger partial charge on any atom is -0.487 e. The van der Waals surface area contributed by atoms with Crippen LogP contribution < -0.4 is 14.8 Å². The Morgan fingerprint density at radius 1 is 1.24 bits per heavy atom. The number of carbonyl (C=O) groups is 2. The van der Waals surface area contributed by atoms with E-state index in [1.165, 1.54) is 13.0 Å². The average molecular weight is 584 g/mol. The van der Waals surface area contributed by atoms with Crippen molar-refractivity contribution in [1.29, 1.82) is 0 Å². The number of piperidine rings is 1. The number of nitrogens with one attached hydrogen (secondary N) is 1. The molecule has 5 atom stereocenters. The van der Waals surface area contributed by atoms with Crippen LogP contribution in [0.4, 0.5) is 18.9 Å². The van der Waals surface area contributed by atoms with Crippen molar-refractivity contribution in [3.63, 3.8) is 0 Å². The summed E-state index contributed by atoms with van der Waals surface area (Å²) in [6, 6.07) is 9.90. The molecule has 2 heterocycles. The first-order valence-electron chi connectivity index (χ1n) is 14.3. The number of benzene rings is 2. The number of likely N-dealkylation sites (N-methyl/N-ethyl adjacent to an activating group) is 1. The van der Waals surface area contributed by atoms with E-state index in [2.05, 4.69) is 23.7 Å². The Balaban J connectivity index is 1.47. The van der Waals surface area contributed by atoms with Crippen LogP contribution in [0.25, 0.3) is 6.08 Å². The number of nitrogens with zero attached hydrogens (tertiary/aromatic N) is 1. The molecular weight excluding hydrogens is 549 g/mol. The first-order chi connectivity index (χ1) is 19.9. The largest absolute Gasteiger partial charge is 0.573 e. The van der Waals surface area contributed by atoms with Crippen LogP contribution >= 0.6 is 0 Å². The number of carbonyl (C=O) groups excluding carboxylic acids is 2. The molecule has 7 nitrogen and oxygen atoms in total. The van der Waals surface area contributed by atoms with E-state index in [9.17, 15) is 22.8 Å². The molecular formula is C32H34F3N2O5+. The minimum absolute atomic E-state index is 0.140. The zero-order valence-electron chi connectivity index (χ0n) is 23.6. The molecule has 2 fully saturated rings. The Hall–Kier alpha value is -3.79. The van der Waals surface area contributed by atoms with Crippen LogP contribution in [0.1, 0.15) is 49.3 Å². The number of quaternary nitrogens is 1. The third-order valence-corrected chi connectivity index (χ3v) is 9.60. The van der Waals surface area contributed by atoms with Gasteiger partial charge in [0.1, 0.15) is 17.6 Å². The Morgan fingerprint density at radius 2 is 2.00 bits per heavy atom. The maximum atomic E-state index is 13.4. The third-order valence-electron chi connectivity index (χ3n) is 9.60. The maximum absolute atomic E-state index is 13.4. The van der Waals surface area contributed by atoms with Crippen LogP contribution in [0.2, 0.25) is 0 Å². The molecule has 4 aliphatic rings. The van der Waals surface area contributed by atoms with Crippen LogP contribution in [0.5, 0.6) is 11.5 Å². The molecule has 2 aliphatic carbocycles. The van der Waals surface area contributed by atoms with Crippen LogP contribution in [-0.2, 0) is 26.2 Å². The number of likely N-dealkylation sites (tertiary alicyclic amines) is 1. The van der Waals surface area contributed by atoms with Crippen molar-refractivity contribution >= 4 is 23.6 Å². The zero-order valence-corrected chi connectivity index (χ0v) is 23.6. The van der Waals surface area contributed by atoms with Crippen molar-refractivity contribution in [3.8, 4) is 11.5 Å². The highest BCUT2D eigenvalue weighted by Crippen LogP contribution is 2.65. The van der Waals surface area contributed by atoms with Gasteiger partial charge in [-0.15, -0.1) is 13.2 Å². The highest BCUT2D eigenvalue weighted by atomic mass is 19.4. The van der Waals surface area contributed by atoms with Crippen LogP contribution in [0, 0.1) is 5.92 Å². The number of halogens is 3. The van der Waals surface area contributed by atoms with Gasteiger partial charge in [0.05, 0.1) is 37.3 Å². The molecule has 10 heteroatoms. The molecule has 1 unspecified atom stereocenters. The van der Waals surface area contributed by atoms with Gasteiger partial charge in [0.25, 0.3) is 5.91 Å². The summed E-state index contributed by atoms with van der Waals surface area (Å²) in [5.74, 6) is -1.49. The lowest BCUT2D eigenvalue weighted by Crippen LogP contribution is -2.70. The molecule has 6 rings (SSSR count). The second-order valence-corrected chi connectivity index (χ2v) is 12.0. The Bertz CT molecular complexity index is 1470. The lowest BCUT2D eigenvalue weighted by atomic mass is 9.51. The standard InChI is InChI=1S/C32H33F3N2O5/c1-4-14-37(3)15-13-31-22-11-8-12-27(31)41-29-23(18-25(40-19(2)38)21(28(29)31)17-24(22)37)36-30(39)26(42-32(33,34)35)16-20-9-6-5-7-10-20/h4-7,9-10,16,18,22,24,27H,1,8,11-15,17H2,2-3H3/p+1/t22-,24+,27-,31+,37?/m0/s1. The fraction of sp³-hybridized carbons (Fsp3) is 0.438. The number of hydrogen-bond acceptors (Lipinski definition) is 5. The molecule has 2 aromatic carbocycles. The molecule has 0 aromatic heterocycles. The van der Waals surface area contributed by atoms with Gasteiger partial charge in [0, 0.05) is 42.9 Å². The lowest BCUT2D eigenvalue weighted by molar-refractivity contribution is -0.940. The van der Waals surface area contributed by atoms with Gasteiger partial charge in [0.15, 0.2) is 5.76 Å². The number of anilines is 1. The number of alkyl halides is 3. The topological polar surface area (TPSA) is 73.9 Å². The average Bonchev–Trinajstić information content (AvgIpc) is 3.26. The molecule has 1 saturated carbocycles. The van der Waals surface area contributed by atoms with E-state index in [4.69, 9.17) is 9.47 Å². The molecule has 1 spiro atoms. The van der Waals surface area contributed by atoms with E-state index in [0.29, 0.717) is 29.4 Å². The van der Waals surface area contributed by atoms with E-state index >= 15 is 0 Å². The predicted octanol–water partition coefficient (Wildman–Crippen LogP) is 5.89. The summed E-state index contributed by atoms with van der Waals surface area (Å²) in [5, 5.41) is 2.62. The van der Waals surface area contributed by atoms with Gasteiger partial charge in [-0.3, -0.25) is 9.59 Å². The van der Waals surface area contributed by atoms with Crippen molar-refractivity contribution in [3.05, 3.63) is 71.5 Å². The van der Waals surface area contributed by atoms with Crippen LogP contribution in [0.15, 0.2) is 54.8 Å². The predicted molar refractivity (Wildman–Crippen MR) is 150 cm³/mol. The second kappa shape index (κ2) is 10.2. The van der Waals surface area contributed by atoms with Gasteiger partial charge in [-0.05, 0) is 37.0 Å². The number of amides is 1. The summed E-state index contributed by atoms with van der Waals surface area (Å²) in [6.45, 7) is 7.03. The molecule has 2 bridgehead atoms. The summed E-state index contributed by atoms with van der Waals surface area (Å²) in [7, 11) is 2.26. The van der Waals surface area contributed by atoms with Gasteiger partial charge in [0.2, 0.25) is 0 Å². The third kappa shape index (κ3) is 4.65. The summed E-state index contributed by atoms with van der Waals surface area (Å²) < 4.78 is 57.4. The first kappa shape index (κ1) is 28.3. The van der Waals surface area contributed by atoms with E-state index in [0.717, 1.165) is 60.5 Å². The van der Waals surface area contributed by atoms with E-state index in [1.54, 1.807) is 30.3 Å². The Kier molecular flexibility index (Phi) is 6.87. The molecule has 0 radical (unpaired) electrons. The van der Waals surface area contributed by atoms with Crippen molar-refractivity contribution in [2.45, 2.75) is 63.0 Å². The molecule has 2 aromatic rings. The molecule has 1 saturated heterocycles. The lowest BCUT2D eigenvalue weighted by Gasteiger charge is -2.60. The van der Waals surface area contributed by atoms with Gasteiger partial charge in [-0.1, -0.05) is 36.9 Å². The second-order valence-electron chi connectivity index (χ2n) is 12.0. The summed E-state index contributed by atoms with van der Waals surface area (Å²) in [4.78, 5) is 25.6. The fourth-order valence-electron chi connectivity index (χ4n) is 8.06. The smallest absolute Gasteiger partial charge is 0.487 e. The number of hydrogen-bond donors (Lipinski definition) is 1. The molecule has 1 amide bonds. The minimum atomic E-state index is -5.08. The Labute approximate surface area is 242 Å². The normalized spacial score (nSPS) is 29.2. The van der Waals surface area contributed by atoms with Crippen LogP contribution in [0.3, 0.4) is 0 Å². The van der Waals surface area contributed by atoms with Crippen LogP contribution in [-0.4, -0.2) is 55.0 Å². The highest BCUT2D eigenvalue weighted by Gasteiger charge is 2.67.